The van der Waals surface area contributed by atoms with Crippen molar-refractivity contribution in [1.82, 2.24) is 9.55 Å². The van der Waals surface area contributed by atoms with Gasteiger partial charge in [0.2, 0.25) is 0 Å². The van der Waals surface area contributed by atoms with Gasteiger partial charge in [0.05, 0.1) is 11.9 Å². The summed E-state index contributed by atoms with van der Waals surface area (Å²) in [5.41, 5.74) is 6.41. The van der Waals surface area contributed by atoms with Gasteiger partial charge in [0.25, 0.3) is 5.56 Å². The number of hydrogen-bond donors (Lipinski definition) is 1. The first kappa shape index (κ1) is 20.5. The Balaban J connectivity index is 1.38. The molecule has 2 aromatic heterocycles. The number of carbonyl (C=O) groups excluding carboxylic acids is 1. The predicted octanol–water partition coefficient (Wildman–Crippen LogP) is 2.73. The molecule has 1 aromatic carbocycles. The van der Waals surface area contributed by atoms with E-state index in [0.717, 1.165) is 11.4 Å². The Kier molecular flexibility index (Phi) is 5.62. The number of hydrogen-bond acceptors (Lipinski definition) is 6. The summed E-state index contributed by atoms with van der Waals surface area (Å²) in [7, 11) is 0. The highest BCUT2D eigenvalue weighted by atomic mass is 16.5. The van der Waals surface area contributed by atoms with Crippen molar-refractivity contribution in [1.29, 1.82) is 0 Å². The first-order valence-corrected chi connectivity index (χ1v) is 9.95. The highest BCUT2D eigenvalue weighted by Crippen LogP contribution is 2.33. The van der Waals surface area contributed by atoms with E-state index in [1.165, 1.54) is 10.6 Å². The molecule has 160 valence electrons. The number of ether oxygens (including phenoxy) is 2. The molecule has 0 atom stereocenters. The average Bonchev–Trinajstić information content (AvgIpc) is 2.75. The molecule has 1 fully saturated rings. The van der Waals surface area contributed by atoms with Gasteiger partial charge in [0, 0.05) is 30.8 Å². The lowest BCUT2D eigenvalue weighted by Crippen LogP contribution is -2.57. The van der Waals surface area contributed by atoms with Gasteiger partial charge >= 0.3 is 6.09 Å². The van der Waals surface area contributed by atoms with Gasteiger partial charge in [-0.2, -0.15) is 0 Å². The fourth-order valence-corrected chi connectivity index (χ4v) is 3.59. The molecule has 3 aromatic rings. The van der Waals surface area contributed by atoms with Crippen molar-refractivity contribution in [3.63, 3.8) is 0 Å². The summed E-state index contributed by atoms with van der Waals surface area (Å²) in [6, 6.07) is 16.7. The van der Waals surface area contributed by atoms with Crippen molar-refractivity contribution < 1.29 is 14.3 Å². The first-order chi connectivity index (χ1) is 14.9. The molecule has 0 aliphatic carbocycles. The number of amides is 1. The summed E-state index contributed by atoms with van der Waals surface area (Å²) >= 11 is 0. The van der Waals surface area contributed by atoms with Crippen molar-refractivity contribution in [2.75, 3.05) is 24.6 Å². The molecular weight excluding hydrogens is 396 g/mol. The van der Waals surface area contributed by atoms with Crippen molar-refractivity contribution in [3.05, 3.63) is 82.9 Å². The maximum Gasteiger partial charge on any atom is 0.404 e. The fraction of sp³-hybridized carbons (Fsp3) is 0.261. The third kappa shape index (κ3) is 4.85. The largest absolute Gasteiger partial charge is 0.489 e. The van der Waals surface area contributed by atoms with Gasteiger partial charge in [-0.15, -0.1) is 0 Å². The Bertz CT molecular complexity index is 1110. The molecule has 1 aliphatic rings. The van der Waals surface area contributed by atoms with Crippen LogP contribution in [0.2, 0.25) is 0 Å². The van der Waals surface area contributed by atoms with Crippen molar-refractivity contribution >= 4 is 11.9 Å². The summed E-state index contributed by atoms with van der Waals surface area (Å²) in [6.45, 7) is 4.13. The Morgan fingerprint density at radius 1 is 1.16 bits per heavy atom. The van der Waals surface area contributed by atoms with E-state index in [2.05, 4.69) is 9.88 Å². The molecule has 8 heteroatoms. The van der Waals surface area contributed by atoms with Crippen LogP contribution in [-0.4, -0.2) is 35.3 Å². The molecule has 0 spiro atoms. The van der Waals surface area contributed by atoms with E-state index in [0.29, 0.717) is 31.1 Å². The molecule has 0 unspecified atom stereocenters. The second kappa shape index (κ2) is 8.51. The Morgan fingerprint density at radius 2 is 1.94 bits per heavy atom. The zero-order valence-electron chi connectivity index (χ0n) is 17.2. The van der Waals surface area contributed by atoms with E-state index in [1.54, 1.807) is 18.5 Å². The maximum atomic E-state index is 12.5. The van der Waals surface area contributed by atoms with Crippen LogP contribution in [0.25, 0.3) is 5.69 Å². The van der Waals surface area contributed by atoms with Crippen LogP contribution in [0.5, 0.6) is 5.75 Å². The SMILES string of the molecule is CC1(COC(N)=O)CN(c2ccc(-n3ccc(OCc4ccccc4)cc3=O)cn2)C1. The Labute approximate surface area is 179 Å². The molecule has 31 heavy (non-hydrogen) atoms. The first-order valence-electron chi connectivity index (χ1n) is 9.95. The molecular formula is C23H24N4O4. The van der Waals surface area contributed by atoms with Crippen LogP contribution in [0.3, 0.4) is 0 Å². The number of anilines is 1. The van der Waals surface area contributed by atoms with E-state index in [1.807, 2.05) is 49.4 Å². The normalized spacial score (nSPS) is 14.5. The van der Waals surface area contributed by atoms with Crippen LogP contribution in [0.15, 0.2) is 71.8 Å². The zero-order valence-corrected chi connectivity index (χ0v) is 17.2. The quantitative estimate of drug-likeness (QED) is 0.631. The summed E-state index contributed by atoms with van der Waals surface area (Å²) in [4.78, 5) is 29.9. The zero-order chi connectivity index (χ0) is 21.8. The Hall–Kier alpha value is -3.81. The van der Waals surface area contributed by atoms with Crippen LogP contribution in [0.4, 0.5) is 10.6 Å². The molecule has 1 aliphatic heterocycles. The lowest BCUT2D eigenvalue weighted by atomic mass is 9.83. The number of aromatic nitrogens is 2. The highest BCUT2D eigenvalue weighted by molar-refractivity contribution is 5.64. The van der Waals surface area contributed by atoms with E-state index in [4.69, 9.17) is 15.2 Å². The molecule has 4 rings (SSSR count). The third-order valence-corrected chi connectivity index (χ3v) is 5.18. The van der Waals surface area contributed by atoms with Crippen molar-refractivity contribution in [3.8, 4) is 11.4 Å². The number of pyridine rings is 2. The summed E-state index contributed by atoms with van der Waals surface area (Å²) in [5.74, 6) is 1.32. The number of carbonyl (C=O) groups is 1. The minimum Gasteiger partial charge on any atom is -0.489 e. The van der Waals surface area contributed by atoms with E-state index in [9.17, 15) is 9.59 Å². The number of primary amides is 1. The van der Waals surface area contributed by atoms with Crippen molar-refractivity contribution in [2.45, 2.75) is 13.5 Å². The van der Waals surface area contributed by atoms with Gasteiger partial charge < -0.3 is 20.1 Å². The van der Waals surface area contributed by atoms with E-state index < -0.39 is 6.09 Å². The van der Waals surface area contributed by atoms with Gasteiger partial charge in [0.1, 0.15) is 24.8 Å². The van der Waals surface area contributed by atoms with Gasteiger partial charge in [-0.05, 0) is 23.8 Å². The number of benzene rings is 1. The average molecular weight is 420 g/mol. The summed E-state index contributed by atoms with van der Waals surface area (Å²) < 4.78 is 12.2. The monoisotopic (exact) mass is 420 g/mol. The molecule has 1 amide bonds. The van der Waals surface area contributed by atoms with Crippen LogP contribution in [0.1, 0.15) is 12.5 Å². The van der Waals surface area contributed by atoms with Crippen LogP contribution in [0, 0.1) is 5.41 Å². The van der Waals surface area contributed by atoms with Gasteiger partial charge in [-0.3, -0.25) is 9.36 Å². The number of nitrogens with two attached hydrogens (primary N) is 1. The molecule has 2 N–H and O–H groups in total. The van der Waals surface area contributed by atoms with E-state index >= 15 is 0 Å². The molecule has 0 radical (unpaired) electrons. The molecule has 0 saturated carbocycles. The predicted molar refractivity (Wildman–Crippen MR) is 116 cm³/mol. The van der Waals surface area contributed by atoms with E-state index in [-0.39, 0.29) is 17.6 Å². The van der Waals surface area contributed by atoms with Gasteiger partial charge in [0.15, 0.2) is 0 Å². The van der Waals surface area contributed by atoms with Crippen LogP contribution < -0.4 is 20.9 Å². The summed E-state index contributed by atoms with van der Waals surface area (Å²) in [5, 5.41) is 0. The topological polar surface area (TPSA) is 99.7 Å². The second-order valence-electron chi connectivity index (χ2n) is 7.99. The van der Waals surface area contributed by atoms with Crippen LogP contribution >= 0.6 is 0 Å². The minimum absolute atomic E-state index is 0.137. The minimum atomic E-state index is -0.760. The smallest absolute Gasteiger partial charge is 0.404 e. The molecule has 3 heterocycles. The molecule has 1 saturated heterocycles. The number of rotatable bonds is 7. The third-order valence-electron chi connectivity index (χ3n) is 5.18. The van der Waals surface area contributed by atoms with Crippen LogP contribution in [-0.2, 0) is 11.3 Å². The Morgan fingerprint density at radius 3 is 2.58 bits per heavy atom. The number of nitrogens with zero attached hydrogens (tertiary/aromatic N) is 3. The lowest BCUT2D eigenvalue weighted by Gasteiger charge is -2.48. The molecule has 8 nitrogen and oxygen atoms in total. The molecule has 0 bridgehead atoms. The second-order valence-corrected chi connectivity index (χ2v) is 7.99. The standard InChI is InChI=1S/C23H24N4O4/c1-23(16-31-22(24)29)14-26(15-23)20-8-7-18(12-25-20)27-10-9-19(11-21(27)28)30-13-17-5-3-2-4-6-17/h2-12H,13-16H2,1H3,(H2,24,29). The van der Waals surface area contributed by atoms with Gasteiger partial charge in [-0.1, -0.05) is 37.3 Å². The summed E-state index contributed by atoms with van der Waals surface area (Å²) in [6.07, 6.45) is 2.59. The highest BCUT2D eigenvalue weighted by Gasteiger charge is 2.40. The maximum absolute atomic E-state index is 12.5. The van der Waals surface area contributed by atoms with Crippen molar-refractivity contribution in [2.24, 2.45) is 11.1 Å². The fourth-order valence-electron chi connectivity index (χ4n) is 3.59. The van der Waals surface area contributed by atoms with Gasteiger partial charge in [-0.25, -0.2) is 9.78 Å². The lowest BCUT2D eigenvalue weighted by molar-refractivity contribution is 0.0791.